The summed E-state index contributed by atoms with van der Waals surface area (Å²) in [5, 5.41) is 6.78. The van der Waals surface area contributed by atoms with Crippen LogP contribution in [0.2, 0.25) is 0 Å². The lowest BCUT2D eigenvalue weighted by atomic mass is 10.2. The van der Waals surface area contributed by atoms with Crippen molar-refractivity contribution in [3.05, 3.63) is 42.0 Å². The molecular weight excluding hydrogens is 406 g/mol. The quantitative estimate of drug-likeness (QED) is 0.254. The predicted octanol–water partition coefficient (Wildman–Crippen LogP) is 3.75. The standard InChI is InChI=1S/C17H17N3O4S3/c21-10-23-12-3-5-14-16(9-12)27-26-15-8-11(17(22)24-20-25)2-4-13(15)18-6-1-7-19-14/h2-5,8-10,18-20,25H,1,6-7H2. The highest BCUT2D eigenvalue weighted by molar-refractivity contribution is 8.76. The maximum Gasteiger partial charge on any atom is 0.357 e. The Labute approximate surface area is 169 Å². The predicted molar refractivity (Wildman–Crippen MR) is 110 cm³/mol. The molecule has 2 aromatic rings. The lowest BCUT2D eigenvalue weighted by Crippen LogP contribution is -2.12. The molecule has 27 heavy (non-hydrogen) atoms. The van der Waals surface area contributed by atoms with Crippen LogP contribution in [0.5, 0.6) is 5.75 Å². The van der Waals surface area contributed by atoms with Gasteiger partial charge in [-0.25, -0.2) is 4.79 Å². The fraction of sp³-hybridized carbons (Fsp3) is 0.176. The van der Waals surface area contributed by atoms with Crippen LogP contribution >= 0.6 is 34.4 Å². The van der Waals surface area contributed by atoms with Crippen molar-refractivity contribution >= 4 is 58.2 Å². The number of hydrogen-bond acceptors (Lipinski definition) is 10. The Hall–Kier alpha value is -2.01. The summed E-state index contributed by atoms with van der Waals surface area (Å²) in [6.45, 7) is 1.99. The molecule has 10 heteroatoms. The summed E-state index contributed by atoms with van der Waals surface area (Å²) in [4.78, 5) is 31.2. The molecule has 2 aromatic carbocycles. The molecule has 0 saturated carbocycles. The average molecular weight is 424 g/mol. The Morgan fingerprint density at radius 3 is 2.41 bits per heavy atom. The summed E-state index contributed by atoms with van der Waals surface area (Å²) in [5.41, 5.74) is 2.31. The lowest BCUT2D eigenvalue weighted by Gasteiger charge is -2.12. The third-order valence-corrected chi connectivity index (χ3v) is 6.24. The van der Waals surface area contributed by atoms with Gasteiger partial charge in [-0.05, 0) is 42.8 Å². The van der Waals surface area contributed by atoms with E-state index < -0.39 is 5.97 Å². The smallest absolute Gasteiger partial charge is 0.357 e. The minimum atomic E-state index is -0.517. The van der Waals surface area contributed by atoms with Crippen LogP contribution in [0, 0.1) is 0 Å². The van der Waals surface area contributed by atoms with Gasteiger partial charge in [-0.1, -0.05) is 39.3 Å². The van der Waals surface area contributed by atoms with Crippen LogP contribution in [0.1, 0.15) is 16.8 Å². The van der Waals surface area contributed by atoms with E-state index >= 15 is 0 Å². The maximum absolute atomic E-state index is 11.9. The molecule has 1 aliphatic heterocycles. The van der Waals surface area contributed by atoms with E-state index in [1.165, 1.54) is 21.6 Å². The first-order valence-electron chi connectivity index (χ1n) is 8.02. The zero-order chi connectivity index (χ0) is 19.1. The number of ether oxygens (including phenoxy) is 1. The number of fused-ring (bicyclic) bond motifs is 2. The number of nitrogens with one attached hydrogen (secondary N) is 3. The highest BCUT2D eigenvalue weighted by Gasteiger charge is 2.14. The third kappa shape index (κ3) is 5.25. The molecule has 3 N–H and O–H groups in total. The summed E-state index contributed by atoms with van der Waals surface area (Å²) < 4.78 is 4.95. The number of carbonyl (C=O) groups is 2. The maximum atomic E-state index is 11.9. The molecule has 0 aliphatic carbocycles. The van der Waals surface area contributed by atoms with Crippen LogP contribution < -0.4 is 20.3 Å². The summed E-state index contributed by atoms with van der Waals surface area (Å²) in [6.07, 6.45) is 0.911. The van der Waals surface area contributed by atoms with Crippen LogP contribution in [0.15, 0.2) is 46.2 Å². The average Bonchev–Trinajstić information content (AvgIpc) is 2.71. The Bertz CT molecular complexity index is 835. The number of benzene rings is 2. The Kier molecular flexibility index (Phi) is 7.16. The fourth-order valence-corrected chi connectivity index (χ4v) is 4.86. The first-order chi connectivity index (χ1) is 13.2. The molecule has 1 aliphatic rings. The third-order valence-electron chi connectivity index (χ3n) is 3.70. The van der Waals surface area contributed by atoms with Crippen LogP contribution in [-0.4, -0.2) is 25.5 Å². The normalized spacial score (nSPS) is 13.7. The van der Waals surface area contributed by atoms with Gasteiger partial charge in [0.25, 0.3) is 6.47 Å². The molecule has 142 valence electrons. The van der Waals surface area contributed by atoms with Crippen LogP contribution in [-0.2, 0) is 9.63 Å². The molecule has 1 heterocycles. The van der Waals surface area contributed by atoms with Crippen molar-refractivity contribution in [1.29, 1.82) is 0 Å². The molecule has 0 atom stereocenters. The van der Waals surface area contributed by atoms with E-state index in [1.807, 2.05) is 18.2 Å². The number of hydrogen-bond donors (Lipinski definition) is 4. The number of anilines is 2. The second kappa shape index (κ2) is 9.79. The van der Waals surface area contributed by atoms with Gasteiger partial charge in [-0.15, -0.1) is 0 Å². The van der Waals surface area contributed by atoms with Crippen molar-refractivity contribution in [2.24, 2.45) is 0 Å². The van der Waals surface area contributed by atoms with Crippen LogP contribution in [0.3, 0.4) is 0 Å². The summed E-state index contributed by atoms with van der Waals surface area (Å²) >= 11 is 3.68. The van der Waals surface area contributed by atoms with Gasteiger partial charge in [0.1, 0.15) is 5.75 Å². The van der Waals surface area contributed by atoms with Gasteiger partial charge in [-0.2, -0.15) is 0 Å². The minimum absolute atomic E-state index is 0.408. The number of thiol groups is 1. The lowest BCUT2D eigenvalue weighted by molar-refractivity contribution is -0.120. The second-order valence-electron chi connectivity index (χ2n) is 5.44. The van der Waals surface area contributed by atoms with Crippen molar-refractivity contribution in [2.45, 2.75) is 16.2 Å². The van der Waals surface area contributed by atoms with Gasteiger partial charge in [-0.3, -0.25) is 4.79 Å². The van der Waals surface area contributed by atoms with Gasteiger partial charge in [0, 0.05) is 34.3 Å². The summed E-state index contributed by atoms with van der Waals surface area (Å²) in [7, 11) is 3.00. The van der Waals surface area contributed by atoms with E-state index in [0.29, 0.717) is 17.8 Å². The van der Waals surface area contributed by atoms with E-state index in [-0.39, 0.29) is 0 Å². The highest BCUT2D eigenvalue weighted by Crippen LogP contribution is 2.45. The molecule has 0 amide bonds. The molecule has 0 saturated heterocycles. The van der Waals surface area contributed by atoms with E-state index in [4.69, 9.17) is 9.57 Å². The zero-order valence-electron chi connectivity index (χ0n) is 14.1. The summed E-state index contributed by atoms with van der Waals surface area (Å²) in [5.74, 6) is -0.0412. The molecule has 0 radical (unpaired) electrons. The Balaban J connectivity index is 1.90. The Morgan fingerprint density at radius 1 is 1.07 bits per heavy atom. The zero-order valence-corrected chi connectivity index (χ0v) is 16.6. The largest absolute Gasteiger partial charge is 0.429 e. The monoisotopic (exact) mass is 423 g/mol. The van der Waals surface area contributed by atoms with E-state index in [1.54, 1.807) is 18.2 Å². The molecule has 0 bridgehead atoms. The first kappa shape index (κ1) is 19.7. The molecule has 3 rings (SSSR count). The van der Waals surface area contributed by atoms with Crippen molar-refractivity contribution in [3.63, 3.8) is 0 Å². The molecular formula is C17H17N3O4S3. The van der Waals surface area contributed by atoms with Crippen molar-refractivity contribution < 1.29 is 19.2 Å². The minimum Gasteiger partial charge on any atom is -0.429 e. The van der Waals surface area contributed by atoms with Crippen molar-refractivity contribution in [3.8, 4) is 5.75 Å². The molecule has 0 aromatic heterocycles. The SMILES string of the molecule is O=COc1ccc2c(c1)SSc1cc(C(=O)ONS)ccc1NCCCN2. The fourth-order valence-electron chi connectivity index (χ4n) is 2.44. The van der Waals surface area contributed by atoms with E-state index in [2.05, 4.69) is 28.3 Å². The molecule has 7 nitrogen and oxygen atoms in total. The first-order valence-corrected chi connectivity index (χ1v) is 10.6. The highest BCUT2D eigenvalue weighted by atomic mass is 33.1. The number of rotatable bonds is 4. The van der Waals surface area contributed by atoms with Crippen LogP contribution in [0.25, 0.3) is 0 Å². The second-order valence-corrected chi connectivity index (χ2v) is 7.83. The van der Waals surface area contributed by atoms with Crippen molar-refractivity contribution in [2.75, 3.05) is 23.7 Å². The molecule has 0 spiro atoms. The topological polar surface area (TPSA) is 88.7 Å². The molecule has 0 unspecified atom stereocenters. The van der Waals surface area contributed by atoms with Gasteiger partial charge in [0.2, 0.25) is 0 Å². The van der Waals surface area contributed by atoms with Gasteiger partial charge in [0.05, 0.1) is 5.56 Å². The van der Waals surface area contributed by atoms with Gasteiger partial charge in [0.15, 0.2) is 0 Å². The van der Waals surface area contributed by atoms with Gasteiger partial charge < -0.3 is 20.2 Å². The molecule has 0 fully saturated rings. The summed E-state index contributed by atoms with van der Waals surface area (Å²) in [6, 6.07) is 10.8. The van der Waals surface area contributed by atoms with E-state index in [9.17, 15) is 9.59 Å². The van der Waals surface area contributed by atoms with Gasteiger partial charge >= 0.3 is 5.97 Å². The van der Waals surface area contributed by atoms with E-state index in [0.717, 1.165) is 40.7 Å². The number of carbonyl (C=O) groups excluding carboxylic acids is 2. The van der Waals surface area contributed by atoms with Crippen molar-refractivity contribution in [1.82, 2.24) is 4.89 Å². The van der Waals surface area contributed by atoms with Crippen LogP contribution in [0.4, 0.5) is 11.4 Å². The Morgan fingerprint density at radius 2 is 1.74 bits per heavy atom.